The fraction of sp³-hybridized carbons (Fsp3) is 0.357. The lowest BCUT2D eigenvalue weighted by Crippen LogP contribution is -2.43. The highest BCUT2D eigenvalue weighted by molar-refractivity contribution is 5.73. The van der Waals surface area contributed by atoms with Gasteiger partial charge in [-0.25, -0.2) is 13.9 Å². The van der Waals surface area contributed by atoms with Gasteiger partial charge in [-0.3, -0.25) is 0 Å². The Labute approximate surface area is 134 Å². The van der Waals surface area contributed by atoms with Crippen LogP contribution in [0.15, 0.2) is 30.5 Å². The minimum Gasteiger partial charge on any atom is -0.475 e. The maximum Gasteiger partial charge on any atom is 0.490 e. The van der Waals surface area contributed by atoms with Crippen molar-refractivity contribution in [3.8, 4) is 5.69 Å². The summed E-state index contributed by atoms with van der Waals surface area (Å²) >= 11 is 0. The molecule has 130 valence electrons. The summed E-state index contributed by atoms with van der Waals surface area (Å²) in [6.45, 7) is 2.07. The van der Waals surface area contributed by atoms with Crippen molar-refractivity contribution in [3.05, 3.63) is 42.0 Å². The molecule has 0 aliphatic carbocycles. The summed E-state index contributed by atoms with van der Waals surface area (Å²) in [4.78, 5) is 8.90. The van der Waals surface area contributed by atoms with Crippen molar-refractivity contribution in [1.82, 2.24) is 20.3 Å². The van der Waals surface area contributed by atoms with Crippen molar-refractivity contribution < 1.29 is 27.5 Å². The molecule has 10 heteroatoms. The van der Waals surface area contributed by atoms with Gasteiger partial charge in [0.15, 0.2) is 0 Å². The van der Waals surface area contributed by atoms with E-state index in [1.165, 1.54) is 10.7 Å². The standard InChI is InChI=1S/C12H13FN4.C2HF3O2/c13-11-3-1-2-4-12(11)17-8-10(15-16-17)5-9-6-14-7-9;3-2(4,5)1(6)7/h1-4,8-9,14H,5-7H2;(H,6,7). The molecule has 6 nitrogen and oxygen atoms in total. The number of hydrogen-bond donors (Lipinski definition) is 2. The van der Waals surface area contributed by atoms with Crippen LogP contribution in [0.5, 0.6) is 0 Å². The Kier molecular flexibility index (Phi) is 5.50. The summed E-state index contributed by atoms with van der Waals surface area (Å²) < 4.78 is 46.8. The van der Waals surface area contributed by atoms with Crippen LogP contribution in [0.1, 0.15) is 5.69 Å². The van der Waals surface area contributed by atoms with Gasteiger partial charge in [-0.2, -0.15) is 13.2 Å². The third kappa shape index (κ3) is 4.75. The Bertz CT molecular complexity index is 698. The summed E-state index contributed by atoms with van der Waals surface area (Å²) in [6.07, 6.45) is -2.38. The predicted octanol–water partition coefficient (Wildman–Crippen LogP) is 1.80. The smallest absolute Gasteiger partial charge is 0.475 e. The van der Waals surface area contributed by atoms with Gasteiger partial charge in [-0.15, -0.1) is 5.10 Å². The van der Waals surface area contributed by atoms with Crippen molar-refractivity contribution in [1.29, 1.82) is 0 Å². The highest BCUT2D eigenvalue weighted by Gasteiger charge is 2.38. The molecule has 1 aromatic carbocycles. The molecule has 0 atom stereocenters. The molecule has 1 fully saturated rings. The first kappa shape index (κ1) is 17.9. The van der Waals surface area contributed by atoms with Gasteiger partial charge < -0.3 is 10.4 Å². The number of benzene rings is 1. The van der Waals surface area contributed by atoms with Gasteiger partial charge in [-0.05, 0) is 37.6 Å². The topological polar surface area (TPSA) is 80.0 Å². The van der Waals surface area contributed by atoms with E-state index >= 15 is 0 Å². The average molecular weight is 346 g/mol. The molecule has 1 aliphatic rings. The molecule has 0 saturated carbocycles. The fourth-order valence-corrected chi connectivity index (χ4v) is 1.94. The van der Waals surface area contributed by atoms with Crippen molar-refractivity contribution in [2.45, 2.75) is 12.6 Å². The van der Waals surface area contributed by atoms with Crippen LogP contribution in [0.2, 0.25) is 0 Å². The number of halogens is 4. The third-order valence-corrected chi connectivity index (χ3v) is 3.25. The van der Waals surface area contributed by atoms with E-state index in [4.69, 9.17) is 9.90 Å². The van der Waals surface area contributed by atoms with Crippen LogP contribution in [-0.2, 0) is 11.2 Å². The van der Waals surface area contributed by atoms with Crippen LogP contribution in [-0.4, -0.2) is 45.3 Å². The number of nitrogens with one attached hydrogen (secondary N) is 1. The summed E-state index contributed by atoms with van der Waals surface area (Å²) in [7, 11) is 0. The third-order valence-electron chi connectivity index (χ3n) is 3.25. The highest BCUT2D eigenvalue weighted by atomic mass is 19.4. The number of aliphatic carboxylic acids is 1. The molecule has 3 rings (SSSR count). The van der Waals surface area contributed by atoms with E-state index in [2.05, 4.69) is 15.6 Å². The first-order chi connectivity index (χ1) is 11.3. The van der Waals surface area contributed by atoms with E-state index in [-0.39, 0.29) is 5.82 Å². The zero-order chi connectivity index (χ0) is 17.7. The Morgan fingerprint density at radius 1 is 1.33 bits per heavy atom. The number of hydrogen-bond acceptors (Lipinski definition) is 4. The molecule has 2 aromatic rings. The zero-order valence-corrected chi connectivity index (χ0v) is 12.3. The lowest BCUT2D eigenvalue weighted by atomic mass is 9.98. The van der Waals surface area contributed by atoms with Gasteiger partial charge >= 0.3 is 12.1 Å². The summed E-state index contributed by atoms with van der Waals surface area (Å²) in [6, 6.07) is 6.57. The Balaban J connectivity index is 0.000000256. The van der Waals surface area contributed by atoms with Crippen LogP contribution >= 0.6 is 0 Å². The number of para-hydroxylation sites is 1. The number of carboxylic acid groups (broad SMARTS) is 1. The van der Waals surface area contributed by atoms with E-state index in [1.54, 1.807) is 24.4 Å². The van der Waals surface area contributed by atoms with Crippen molar-refractivity contribution >= 4 is 5.97 Å². The molecule has 0 spiro atoms. The molecule has 0 amide bonds. The summed E-state index contributed by atoms with van der Waals surface area (Å²) in [5, 5.41) is 18.4. The Morgan fingerprint density at radius 2 is 1.96 bits per heavy atom. The molecule has 24 heavy (non-hydrogen) atoms. The van der Waals surface area contributed by atoms with E-state index < -0.39 is 12.1 Å². The quantitative estimate of drug-likeness (QED) is 0.829. The molecule has 2 heterocycles. The van der Waals surface area contributed by atoms with Crippen molar-refractivity contribution in [2.24, 2.45) is 5.92 Å². The first-order valence-corrected chi connectivity index (χ1v) is 6.94. The summed E-state index contributed by atoms with van der Waals surface area (Å²) in [5.41, 5.74) is 1.36. The van der Waals surface area contributed by atoms with E-state index in [1.807, 2.05) is 0 Å². The van der Waals surface area contributed by atoms with E-state index in [0.29, 0.717) is 11.6 Å². The number of nitrogens with zero attached hydrogens (tertiary/aromatic N) is 3. The van der Waals surface area contributed by atoms with Crippen molar-refractivity contribution in [3.63, 3.8) is 0 Å². The number of alkyl halides is 3. The van der Waals surface area contributed by atoms with Gasteiger partial charge in [0.1, 0.15) is 11.5 Å². The maximum absolute atomic E-state index is 13.5. The molecule has 0 unspecified atom stereocenters. The normalized spacial score (nSPS) is 14.5. The lowest BCUT2D eigenvalue weighted by Gasteiger charge is -2.25. The van der Waals surface area contributed by atoms with E-state index in [0.717, 1.165) is 25.2 Å². The molecule has 2 N–H and O–H groups in total. The van der Waals surface area contributed by atoms with Gasteiger partial charge in [0.2, 0.25) is 0 Å². The number of rotatable bonds is 3. The summed E-state index contributed by atoms with van der Waals surface area (Å²) in [5.74, 6) is -2.40. The SMILES string of the molecule is Fc1ccccc1-n1cc(CC2CNC2)nn1.O=C(O)C(F)(F)F. The Hall–Kier alpha value is -2.49. The maximum atomic E-state index is 13.5. The van der Waals surface area contributed by atoms with Gasteiger partial charge in [0.05, 0.1) is 11.9 Å². The second-order valence-electron chi connectivity index (χ2n) is 5.14. The molecule has 1 aromatic heterocycles. The minimum absolute atomic E-state index is 0.283. The van der Waals surface area contributed by atoms with Crippen LogP contribution in [0.25, 0.3) is 5.69 Å². The zero-order valence-electron chi connectivity index (χ0n) is 12.3. The van der Waals surface area contributed by atoms with Crippen LogP contribution in [0.4, 0.5) is 17.6 Å². The van der Waals surface area contributed by atoms with Crippen molar-refractivity contribution in [2.75, 3.05) is 13.1 Å². The minimum atomic E-state index is -5.08. The van der Waals surface area contributed by atoms with Gasteiger partial charge in [-0.1, -0.05) is 17.3 Å². The number of carbonyl (C=O) groups is 1. The van der Waals surface area contributed by atoms with E-state index in [9.17, 15) is 17.6 Å². The van der Waals surface area contributed by atoms with Crippen LogP contribution in [0, 0.1) is 11.7 Å². The highest BCUT2D eigenvalue weighted by Crippen LogP contribution is 2.14. The first-order valence-electron chi connectivity index (χ1n) is 6.94. The Morgan fingerprint density at radius 3 is 2.46 bits per heavy atom. The molecular weight excluding hydrogens is 332 g/mol. The molecular formula is C14H14F4N4O2. The fourth-order valence-electron chi connectivity index (χ4n) is 1.94. The largest absolute Gasteiger partial charge is 0.490 e. The average Bonchev–Trinajstić information content (AvgIpc) is 2.91. The number of carboxylic acids is 1. The van der Waals surface area contributed by atoms with Crippen LogP contribution in [0.3, 0.4) is 0 Å². The second-order valence-corrected chi connectivity index (χ2v) is 5.14. The molecule has 0 radical (unpaired) electrons. The monoisotopic (exact) mass is 346 g/mol. The van der Waals surface area contributed by atoms with Crippen LogP contribution < -0.4 is 5.32 Å². The van der Waals surface area contributed by atoms with Gasteiger partial charge in [0.25, 0.3) is 0 Å². The van der Waals surface area contributed by atoms with Gasteiger partial charge in [0, 0.05) is 0 Å². The molecule has 1 saturated heterocycles. The predicted molar refractivity (Wildman–Crippen MR) is 75.1 cm³/mol. The number of aromatic nitrogens is 3. The second kappa shape index (κ2) is 7.39. The molecule has 0 bridgehead atoms. The molecule has 1 aliphatic heterocycles. The lowest BCUT2D eigenvalue weighted by molar-refractivity contribution is -0.192.